The van der Waals surface area contributed by atoms with Crippen molar-refractivity contribution in [3.05, 3.63) is 52.3 Å². The third-order valence-electron chi connectivity index (χ3n) is 7.75. The minimum atomic E-state index is -1.09. The van der Waals surface area contributed by atoms with Crippen LogP contribution in [0.5, 0.6) is 0 Å². The fraction of sp³-hybridized carbons (Fsp3) is 0.517. The molecule has 1 aliphatic heterocycles. The van der Waals surface area contributed by atoms with E-state index in [4.69, 9.17) is 12.2 Å². The predicted octanol–water partition coefficient (Wildman–Crippen LogP) is -0.751. The molecule has 1 fully saturated rings. The summed E-state index contributed by atoms with van der Waals surface area (Å²) in [5.41, 5.74) is 1.46. The van der Waals surface area contributed by atoms with Crippen molar-refractivity contribution in [3.63, 3.8) is 0 Å². The van der Waals surface area contributed by atoms with Gasteiger partial charge in [0.05, 0.1) is 32.7 Å². The molecule has 2 aromatic rings. The molecule has 0 radical (unpaired) electrons. The fourth-order valence-corrected chi connectivity index (χ4v) is 5.68. The van der Waals surface area contributed by atoms with Crippen LogP contribution in [0.15, 0.2) is 36.7 Å². The molecule has 1 atom stereocenters. The van der Waals surface area contributed by atoms with Gasteiger partial charge in [-0.25, -0.2) is 4.57 Å². The molecule has 2 heterocycles. The Balaban J connectivity index is 1.76. The lowest BCUT2D eigenvalue weighted by molar-refractivity contribution is -0.396. The molecule has 0 bridgehead atoms. The van der Waals surface area contributed by atoms with Crippen LogP contribution in [-0.4, -0.2) is 168 Å². The van der Waals surface area contributed by atoms with Crippen LogP contribution in [0.1, 0.15) is 5.56 Å². The smallest absolute Gasteiger partial charge is 0.434 e. The number of carboxylic acid groups (broad SMARTS) is 4. The number of aliphatic carboxylic acids is 4. The number of carbonyl (C=O) groups is 4. The molecule has 1 aromatic heterocycles. The van der Waals surface area contributed by atoms with Crippen molar-refractivity contribution in [1.29, 1.82) is 0 Å². The van der Waals surface area contributed by atoms with Crippen LogP contribution in [-0.2, 0) is 32.1 Å². The average Bonchev–Trinajstić information content (AvgIpc) is 3.48. The summed E-state index contributed by atoms with van der Waals surface area (Å²) in [5.74, 6) is -4.60. The maximum Gasteiger partial charge on any atom is 0.434 e. The van der Waals surface area contributed by atoms with E-state index in [9.17, 15) is 49.7 Å². The first-order chi connectivity index (χ1) is 23.3. The number of anilines is 1. The van der Waals surface area contributed by atoms with Gasteiger partial charge >= 0.3 is 29.8 Å². The number of imidazole rings is 1. The predicted molar refractivity (Wildman–Crippen MR) is 178 cm³/mol. The van der Waals surface area contributed by atoms with Crippen molar-refractivity contribution >= 4 is 52.8 Å². The summed E-state index contributed by atoms with van der Waals surface area (Å²) in [5, 5.41) is 55.6. The lowest BCUT2D eigenvalue weighted by Gasteiger charge is -2.37. The van der Waals surface area contributed by atoms with Gasteiger partial charge in [0.2, 0.25) is 0 Å². The molecular formula is C29H41N9O10S. The largest absolute Gasteiger partial charge is 0.480 e. The zero-order valence-electron chi connectivity index (χ0n) is 26.7. The zero-order valence-corrected chi connectivity index (χ0v) is 27.5. The van der Waals surface area contributed by atoms with E-state index in [2.05, 4.69) is 15.6 Å². The van der Waals surface area contributed by atoms with E-state index < -0.39 is 34.8 Å². The minimum Gasteiger partial charge on any atom is -0.480 e. The summed E-state index contributed by atoms with van der Waals surface area (Å²) >= 11 is 5.35. The van der Waals surface area contributed by atoms with Gasteiger partial charge in [0, 0.05) is 64.1 Å². The number of rotatable bonds is 15. The number of benzene rings is 1. The van der Waals surface area contributed by atoms with Gasteiger partial charge in [0.1, 0.15) is 12.4 Å². The number of carboxylic acids is 4. The molecule has 0 saturated carbocycles. The first-order valence-electron chi connectivity index (χ1n) is 15.4. The molecule has 3 rings (SSSR count). The molecule has 0 aliphatic carbocycles. The summed E-state index contributed by atoms with van der Waals surface area (Å²) < 4.78 is 1.38. The second kappa shape index (κ2) is 19.3. The molecule has 0 spiro atoms. The Labute approximate surface area is 286 Å². The normalized spacial score (nSPS) is 17.3. The number of nitrogens with one attached hydrogen (secondary N) is 2. The molecular weight excluding hydrogens is 666 g/mol. The summed E-state index contributed by atoms with van der Waals surface area (Å²) in [4.78, 5) is 67.6. The number of nitrogens with zero attached hydrogens (tertiary/aromatic N) is 7. The summed E-state index contributed by atoms with van der Waals surface area (Å²) in [6, 6.07) is 6.69. The number of aromatic nitrogens is 2. The Hall–Kier alpha value is -4.76. The lowest BCUT2D eigenvalue weighted by Crippen LogP contribution is -2.53. The standard InChI is InChI=1S/C29H41N9O10S/c39-24(40)17-33-9-10-34(18-25(41)42)13-14-37(20-27(45)46)23(16-35(12-11-33)19-26(43)44)15-21-1-3-22(4-2-21)32-28(49)30-5-7-36-8-6-31-29(36)38(47)48/h1-4,6,8,23H,5,7,9-20H2,(H,39,40)(H,41,42)(H,43,44)(H,45,46)(H2,30,32,49). The number of thiocarbonyl (C=S) groups is 1. The van der Waals surface area contributed by atoms with Gasteiger partial charge in [0.25, 0.3) is 0 Å². The number of hydrogen-bond acceptors (Lipinski definition) is 12. The third-order valence-corrected chi connectivity index (χ3v) is 7.99. The molecule has 0 amide bonds. The SMILES string of the molecule is O=C(O)CN1CCN(CC(=O)O)CCN(CC(=O)O)C(Cc2ccc(NC(=S)NCCn3ccnc3[N+](=O)[O-])cc2)CN(CC(=O)O)CC1. The van der Waals surface area contributed by atoms with Crippen LogP contribution in [0, 0.1) is 10.1 Å². The van der Waals surface area contributed by atoms with Gasteiger partial charge in [-0.15, -0.1) is 0 Å². The third kappa shape index (κ3) is 14.1. The molecule has 20 heteroatoms. The molecule has 1 aliphatic rings. The number of nitro groups is 1. The zero-order chi connectivity index (χ0) is 35.9. The van der Waals surface area contributed by atoms with Gasteiger partial charge < -0.3 is 41.2 Å². The molecule has 1 saturated heterocycles. The average molecular weight is 708 g/mol. The van der Waals surface area contributed by atoms with Crippen molar-refractivity contribution in [2.45, 2.75) is 19.0 Å². The van der Waals surface area contributed by atoms with Crippen molar-refractivity contribution in [1.82, 2.24) is 34.5 Å². The molecule has 6 N–H and O–H groups in total. The fourth-order valence-electron chi connectivity index (χ4n) is 5.47. The van der Waals surface area contributed by atoms with E-state index in [1.54, 1.807) is 31.7 Å². The minimum absolute atomic E-state index is 0.155. The Kier molecular flexibility index (Phi) is 15.2. The summed E-state index contributed by atoms with van der Waals surface area (Å²) in [7, 11) is 0. The first-order valence-corrected chi connectivity index (χ1v) is 15.8. The van der Waals surface area contributed by atoms with Gasteiger partial charge in [-0.2, -0.15) is 0 Å². The van der Waals surface area contributed by atoms with Gasteiger partial charge in [0.15, 0.2) is 5.11 Å². The van der Waals surface area contributed by atoms with E-state index in [1.807, 2.05) is 12.1 Å². The van der Waals surface area contributed by atoms with Crippen LogP contribution in [0.4, 0.5) is 11.6 Å². The van der Waals surface area contributed by atoms with E-state index in [1.165, 1.54) is 17.0 Å². The highest BCUT2D eigenvalue weighted by Crippen LogP contribution is 2.16. The highest BCUT2D eigenvalue weighted by molar-refractivity contribution is 7.80. The van der Waals surface area contributed by atoms with Crippen LogP contribution in [0.3, 0.4) is 0 Å². The Bertz CT molecular complexity index is 1460. The first kappa shape index (κ1) is 38.7. The molecule has 1 aromatic carbocycles. The van der Waals surface area contributed by atoms with Gasteiger partial charge in [-0.3, -0.25) is 38.8 Å². The number of hydrogen-bond donors (Lipinski definition) is 6. The van der Waals surface area contributed by atoms with Crippen LogP contribution in [0.2, 0.25) is 0 Å². The lowest BCUT2D eigenvalue weighted by atomic mass is 10.0. The Morgan fingerprint density at radius 3 is 1.92 bits per heavy atom. The maximum atomic E-state index is 12.0. The van der Waals surface area contributed by atoms with Crippen molar-refractivity contribution < 1.29 is 44.5 Å². The van der Waals surface area contributed by atoms with Gasteiger partial charge in [-0.05, 0) is 41.3 Å². The Morgan fingerprint density at radius 2 is 1.37 bits per heavy atom. The van der Waals surface area contributed by atoms with E-state index in [0.29, 0.717) is 18.7 Å². The quantitative estimate of drug-likeness (QED) is 0.0757. The Morgan fingerprint density at radius 1 is 0.837 bits per heavy atom. The van der Waals surface area contributed by atoms with Crippen molar-refractivity contribution in [2.75, 3.05) is 83.9 Å². The topological polar surface area (TPSA) is 247 Å². The summed E-state index contributed by atoms with van der Waals surface area (Å²) in [6.45, 7) is 0.611. The molecule has 49 heavy (non-hydrogen) atoms. The van der Waals surface area contributed by atoms with Crippen LogP contribution >= 0.6 is 12.2 Å². The van der Waals surface area contributed by atoms with Crippen LogP contribution < -0.4 is 10.6 Å². The van der Waals surface area contributed by atoms with Crippen molar-refractivity contribution in [2.24, 2.45) is 0 Å². The van der Waals surface area contributed by atoms with Crippen molar-refractivity contribution in [3.8, 4) is 0 Å². The second-order valence-electron chi connectivity index (χ2n) is 11.4. The van der Waals surface area contributed by atoms with E-state index in [0.717, 1.165) is 5.56 Å². The molecule has 1 unspecified atom stereocenters. The van der Waals surface area contributed by atoms with Gasteiger partial charge in [-0.1, -0.05) is 17.1 Å². The molecule has 268 valence electrons. The highest BCUT2D eigenvalue weighted by atomic mass is 32.1. The highest BCUT2D eigenvalue weighted by Gasteiger charge is 2.27. The van der Waals surface area contributed by atoms with E-state index >= 15 is 0 Å². The summed E-state index contributed by atoms with van der Waals surface area (Å²) in [6.07, 6.45) is 3.16. The maximum absolute atomic E-state index is 12.0. The monoisotopic (exact) mass is 707 g/mol. The molecule has 19 nitrogen and oxygen atoms in total. The second-order valence-corrected chi connectivity index (χ2v) is 11.9. The van der Waals surface area contributed by atoms with Crippen LogP contribution in [0.25, 0.3) is 0 Å². The van der Waals surface area contributed by atoms with E-state index in [-0.39, 0.29) is 89.6 Å².